The highest BCUT2D eigenvalue weighted by atomic mass is 16.6. The molecule has 1 heterocycles. The second-order valence-corrected chi connectivity index (χ2v) is 5.88. The van der Waals surface area contributed by atoms with Gasteiger partial charge in [-0.1, -0.05) is 6.92 Å². The molecule has 1 atom stereocenters. The van der Waals surface area contributed by atoms with E-state index in [1.807, 2.05) is 39.8 Å². The van der Waals surface area contributed by atoms with Gasteiger partial charge in [0.25, 0.3) is 0 Å². The maximum Gasteiger partial charge on any atom is 0.407 e. The first-order valence-corrected chi connectivity index (χ1v) is 7.05. The molecule has 0 fully saturated rings. The Hall–Kier alpha value is -1.49. The van der Waals surface area contributed by atoms with Gasteiger partial charge in [-0.25, -0.2) is 4.79 Å². The molecule has 1 rings (SSSR count). The van der Waals surface area contributed by atoms with Crippen molar-refractivity contribution in [3.63, 3.8) is 0 Å². The second-order valence-electron chi connectivity index (χ2n) is 5.88. The Balaban J connectivity index is 2.30. The molecular formula is C15H26N2O3. The number of hydrogen-bond acceptors (Lipinski definition) is 4. The van der Waals surface area contributed by atoms with Crippen LogP contribution in [-0.2, 0) is 11.3 Å². The van der Waals surface area contributed by atoms with Crippen molar-refractivity contribution in [1.82, 2.24) is 10.6 Å². The fourth-order valence-electron chi connectivity index (χ4n) is 1.71. The van der Waals surface area contributed by atoms with E-state index in [4.69, 9.17) is 9.15 Å². The largest absolute Gasteiger partial charge is 0.465 e. The maximum absolute atomic E-state index is 11.6. The Labute approximate surface area is 121 Å². The zero-order valence-electron chi connectivity index (χ0n) is 13.1. The Morgan fingerprint density at radius 2 is 2.10 bits per heavy atom. The topological polar surface area (TPSA) is 63.5 Å². The molecule has 0 aromatic carbocycles. The third-order valence-corrected chi connectivity index (χ3v) is 2.75. The zero-order valence-corrected chi connectivity index (χ0v) is 13.1. The van der Waals surface area contributed by atoms with Gasteiger partial charge in [-0.15, -0.1) is 0 Å². The summed E-state index contributed by atoms with van der Waals surface area (Å²) in [6.07, 6.45) is 0.529. The van der Waals surface area contributed by atoms with E-state index in [-0.39, 0.29) is 12.1 Å². The highest BCUT2D eigenvalue weighted by molar-refractivity contribution is 5.67. The Bertz CT molecular complexity index is 421. The van der Waals surface area contributed by atoms with Gasteiger partial charge in [0, 0.05) is 12.6 Å². The van der Waals surface area contributed by atoms with E-state index >= 15 is 0 Å². The predicted octanol–water partition coefficient (Wildman–Crippen LogP) is 2.98. The Morgan fingerprint density at radius 3 is 2.60 bits per heavy atom. The lowest BCUT2D eigenvalue weighted by molar-refractivity contribution is 0.0522. The number of nitrogens with one attached hydrogen (secondary N) is 2. The first-order valence-electron chi connectivity index (χ1n) is 7.05. The minimum absolute atomic E-state index is 0.188. The molecule has 5 nitrogen and oxygen atoms in total. The molecule has 1 amide bonds. The maximum atomic E-state index is 11.6. The van der Waals surface area contributed by atoms with Crippen molar-refractivity contribution >= 4 is 6.09 Å². The number of amides is 1. The van der Waals surface area contributed by atoms with Crippen LogP contribution in [-0.4, -0.2) is 24.3 Å². The molecule has 0 spiro atoms. The number of aryl methyl sites for hydroxylation is 1. The van der Waals surface area contributed by atoms with Gasteiger partial charge < -0.3 is 19.8 Å². The zero-order chi connectivity index (χ0) is 15.2. The molecule has 0 saturated heterocycles. The molecule has 0 saturated carbocycles. The van der Waals surface area contributed by atoms with Crippen LogP contribution in [0.3, 0.4) is 0 Å². The van der Waals surface area contributed by atoms with Crippen LogP contribution in [0.5, 0.6) is 0 Å². The molecule has 1 unspecified atom stereocenters. The van der Waals surface area contributed by atoms with E-state index in [0.29, 0.717) is 13.1 Å². The minimum Gasteiger partial charge on any atom is -0.465 e. The van der Waals surface area contributed by atoms with Crippen LogP contribution in [0, 0.1) is 6.92 Å². The lowest BCUT2D eigenvalue weighted by Crippen LogP contribution is -2.42. The van der Waals surface area contributed by atoms with Crippen molar-refractivity contribution in [1.29, 1.82) is 0 Å². The molecule has 1 aromatic heterocycles. The summed E-state index contributed by atoms with van der Waals surface area (Å²) < 4.78 is 10.7. The molecule has 0 radical (unpaired) electrons. The van der Waals surface area contributed by atoms with Crippen molar-refractivity contribution in [2.75, 3.05) is 6.54 Å². The van der Waals surface area contributed by atoms with E-state index in [1.165, 1.54) is 0 Å². The van der Waals surface area contributed by atoms with Crippen molar-refractivity contribution in [3.05, 3.63) is 23.7 Å². The SMILES string of the molecule is CCC(CNC(=O)OC(C)(C)C)NCc1ccc(C)o1. The van der Waals surface area contributed by atoms with Crippen molar-refractivity contribution in [2.45, 2.75) is 59.2 Å². The van der Waals surface area contributed by atoms with Crippen molar-refractivity contribution < 1.29 is 13.9 Å². The van der Waals surface area contributed by atoms with Crippen molar-refractivity contribution in [3.8, 4) is 0 Å². The number of carbonyl (C=O) groups is 1. The molecular weight excluding hydrogens is 256 g/mol. The summed E-state index contributed by atoms with van der Waals surface area (Å²) in [7, 11) is 0. The molecule has 1 aromatic rings. The summed E-state index contributed by atoms with van der Waals surface area (Å²) in [6, 6.07) is 4.08. The van der Waals surface area contributed by atoms with Gasteiger partial charge in [0.05, 0.1) is 6.54 Å². The molecule has 114 valence electrons. The van der Waals surface area contributed by atoms with Gasteiger partial charge in [0.2, 0.25) is 0 Å². The van der Waals surface area contributed by atoms with Gasteiger partial charge in [-0.2, -0.15) is 0 Å². The van der Waals surface area contributed by atoms with E-state index in [9.17, 15) is 4.79 Å². The van der Waals surface area contributed by atoms with Gasteiger partial charge in [0.1, 0.15) is 17.1 Å². The smallest absolute Gasteiger partial charge is 0.407 e. The number of rotatable bonds is 6. The molecule has 20 heavy (non-hydrogen) atoms. The fraction of sp³-hybridized carbons (Fsp3) is 0.667. The van der Waals surface area contributed by atoms with Crippen LogP contribution < -0.4 is 10.6 Å². The number of carbonyl (C=O) groups excluding carboxylic acids is 1. The van der Waals surface area contributed by atoms with Gasteiger partial charge >= 0.3 is 6.09 Å². The molecule has 0 bridgehead atoms. The quantitative estimate of drug-likeness (QED) is 0.842. The van der Waals surface area contributed by atoms with E-state index in [0.717, 1.165) is 17.9 Å². The number of hydrogen-bond donors (Lipinski definition) is 2. The highest BCUT2D eigenvalue weighted by Crippen LogP contribution is 2.07. The van der Waals surface area contributed by atoms with Gasteiger partial charge in [0.15, 0.2) is 0 Å². The van der Waals surface area contributed by atoms with Crippen LogP contribution in [0.2, 0.25) is 0 Å². The van der Waals surface area contributed by atoms with Crippen LogP contribution in [0.4, 0.5) is 4.79 Å². The predicted molar refractivity (Wildman–Crippen MR) is 78.6 cm³/mol. The number of furan rings is 1. The summed E-state index contributed by atoms with van der Waals surface area (Å²) in [4.78, 5) is 11.6. The first kappa shape index (κ1) is 16.6. The number of ether oxygens (including phenoxy) is 1. The van der Waals surface area contributed by atoms with Crippen LogP contribution in [0.15, 0.2) is 16.5 Å². The fourth-order valence-corrected chi connectivity index (χ4v) is 1.71. The molecule has 0 aliphatic carbocycles. The van der Waals surface area contributed by atoms with Crippen LogP contribution in [0.1, 0.15) is 45.6 Å². The van der Waals surface area contributed by atoms with Crippen molar-refractivity contribution in [2.24, 2.45) is 0 Å². The second kappa shape index (κ2) is 7.33. The Kier molecular flexibility index (Phi) is 6.07. The molecule has 0 aliphatic rings. The standard InChI is InChI=1S/C15H26N2O3/c1-6-12(9-17-14(18)20-15(3,4)5)16-10-13-8-7-11(2)19-13/h7-8,12,16H,6,9-10H2,1-5H3,(H,17,18). The van der Waals surface area contributed by atoms with E-state index < -0.39 is 5.60 Å². The third kappa shape index (κ3) is 6.61. The number of alkyl carbamates (subject to hydrolysis) is 1. The summed E-state index contributed by atoms with van der Waals surface area (Å²) in [5.41, 5.74) is -0.467. The lowest BCUT2D eigenvalue weighted by Gasteiger charge is -2.22. The Morgan fingerprint density at radius 1 is 1.40 bits per heavy atom. The van der Waals surface area contributed by atoms with Crippen LogP contribution >= 0.6 is 0 Å². The average Bonchev–Trinajstić information content (AvgIpc) is 2.73. The summed E-state index contributed by atoms with van der Waals surface area (Å²) in [6.45, 7) is 10.7. The summed E-state index contributed by atoms with van der Waals surface area (Å²) in [5.74, 6) is 1.81. The normalized spacial score (nSPS) is 13.1. The van der Waals surface area contributed by atoms with Gasteiger partial charge in [-0.05, 0) is 46.2 Å². The molecule has 0 aliphatic heterocycles. The average molecular weight is 282 g/mol. The molecule has 5 heteroatoms. The van der Waals surface area contributed by atoms with Crippen LogP contribution in [0.25, 0.3) is 0 Å². The molecule has 2 N–H and O–H groups in total. The third-order valence-electron chi connectivity index (χ3n) is 2.75. The lowest BCUT2D eigenvalue weighted by atomic mass is 10.2. The van der Waals surface area contributed by atoms with Gasteiger partial charge in [-0.3, -0.25) is 0 Å². The minimum atomic E-state index is -0.467. The highest BCUT2D eigenvalue weighted by Gasteiger charge is 2.17. The van der Waals surface area contributed by atoms with E-state index in [2.05, 4.69) is 17.6 Å². The summed E-state index contributed by atoms with van der Waals surface area (Å²) in [5, 5.41) is 6.13. The monoisotopic (exact) mass is 282 g/mol. The first-order chi connectivity index (χ1) is 9.30. The summed E-state index contributed by atoms with van der Waals surface area (Å²) >= 11 is 0. The van der Waals surface area contributed by atoms with E-state index in [1.54, 1.807) is 0 Å².